The van der Waals surface area contributed by atoms with Crippen LogP contribution < -0.4 is 4.80 Å². The van der Waals surface area contributed by atoms with Gasteiger partial charge in [0.05, 0.1) is 11.6 Å². The van der Waals surface area contributed by atoms with Gasteiger partial charge in [0, 0.05) is 26.3 Å². The Morgan fingerprint density at radius 1 is 1.29 bits per heavy atom. The van der Waals surface area contributed by atoms with Crippen molar-refractivity contribution in [2.24, 2.45) is 12.0 Å². The number of halogens is 2. The lowest BCUT2D eigenvalue weighted by Gasteiger charge is -2.29. The number of aryl methyl sites for hydroxylation is 1. The Balaban J connectivity index is 0.00000176. The molecule has 2 aromatic rings. The minimum Gasteiger partial charge on any atom is -0.412 e. The highest BCUT2D eigenvalue weighted by Gasteiger charge is 2.18. The second kappa shape index (κ2) is 11.1. The predicted molar refractivity (Wildman–Crippen MR) is 107 cm³/mol. The second-order valence-corrected chi connectivity index (χ2v) is 6.78. The molecular formula is C16H28Cl2N4OS. The molecule has 1 saturated heterocycles. The van der Waals surface area contributed by atoms with E-state index in [4.69, 9.17) is 4.99 Å². The van der Waals surface area contributed by atoms with Crippen molar-refractivity contribution in [2.75, 3.05) is 19.6 Å². The third-order valence-electron chi connectivity index (χ3n) is 4.27. The number of aromatic nitrogens is 2. The molecule has 0 saturated carbocycles. The molecule has 3 rings (SSSR count). The smallest absolute Gasteiger partial charge is 0.187 e. The lowest BCUT2D eigenvalue weighted by Crippen LogP contribution is -2.36. The Kier molecular flexibility index (Phi) is 10.7. The van der Waals surface area contributed by atoms with Gasteiger partial charge in [0.2, 0.25) is 0 Å². The first-order chi connectivity index (χ1) is 10.3. The highest BCUT2D eigenvalue weighted by atomic mass is 35.5. The molecule has 1 fully saturated rings. The van der Waals surface area contributed by atoms with E-state index in [1.807, 2.05) is 12.3 Å². The van der Waals surface area contributed by atoms with Crippen molar-refractivity contribution in [3.05, 3.63) is 23.1 Å². The molecule has 138 valence electrons. The summed E-state index contributed by atoms with van der Waals surface area (Å²) in [5.41, 5.74) is 1.18. The number of rotatable bonds is 4. The van der Waals surface area contributed by atoms with Gasteiger partial charge in [-0.15, -0.1) is 24.8 Å². The monoisotopic (exact) mass is 394 g/mol. The standard InChI is InChI=1S/C16H24N4S.2ClH.H2O/c1-3-4-10-20-11-7-13(8-12-20)18-16-19(2)14-6-5-9-17-15(14)21-16;;;/h5-6,9,13H,3-4,7-8,10-12H2,1-2H3;2*1H;1H2/b18-16+;;;. The van der Waals surface area contributed by atoms with Gasteiger partial charge >= 0.3 is 0 Å². The fraction of sp³-hybridized carbons (Fsp3) is 0.625. The Bertz CT molecular complexity index is 665. The first-order valence-corrected chi connectivity index (χ1v) is 8.76. The van der Waals surface area contributed by atoms with E-state index < -0.39 is 0 Å². The van der Waals surface area contributed by atoms with Gasteiger partial charge in [-0.25, -0.2) is 4.98 Å². The van der Waals surface area contributed by atoms with Crippen molar-refractivity contribution in [3.63, 3.8) is 0 Å². The molecule has 0 amide bonds. The fourth-order valence-electron chi connectivity index (χ4n) is 2.90. The first-order valence-electron chi connectivity index (χ1n) is 7.94. The maximum atomic E-state index is 4.98. The van der Waals surface area contributed by atoms with Gasteiger partial charge in [-0.2, -0.15) is 0 Å². The minimum atomic E-state index is 0. The Hall–Kier alpha value is -0.660. The summed E-state index contributed by atoms with van der Waals surface area (Å²) in [6.07, 6.45) is 6.83. The van der Waals surface area contributed by atoms with Crippen molar-refractivity contribution < 1.29 is 5.48 Å². The number of pyridine rings is 1. The lowest BCUT2D eigenvalue weighted by molar-refractivity contribution is 0.210. The van der Waals surface area contributed by atoms with E-state index in [2.05, 4.69) is 34.5 Å². The van der Waals surface area contributed by atoms with Crippen LogP contribution in [0.2, 0.25) is 0 Å². The van der Waals surface area contributed by atoms with E-state index in [1.165, 1.54) is 50.8 Å². The Labute approximate surface area is 159 Å². The van der Waals surface area contributed by atoms with Crippen LogP contribution in [0.4, 0.5) is 0 Å². The number of unbranched alkanes of at least 4 members (excludes halogenated alkanes) is 1. The quantitative estimate of drug-likeness (QED) is 0.799. The van der Waals surface area contributed by atoms with Crippen LogP contribution in [0.3, 0.4) is 0 Å². The first kappa shape index (κ1) is 23.3. The van der Waals surface area contributed by atoms with E-state index in [1.54, 1.807) is 11.3 Å². The zero-order valence-electron chi connectivity index (χ0n) is 14.3. The van der Waals surface area contributed by atoms with Gasteiger partial charge in [0.15, 0.2) is 4.80 Å². The molecule has 1 aliphatic heterocycles. The van der Waals surface area contributed by atoms with Crippen molar-refractivity contribution in [1.82, 2.24) is 14.5 Å². The van der Waals surface area contributed by atoms with E-state index in [0.717, 1.165) is 9.63 Å². The van der Waals surface area contributed by atoms with Crippen LogP contribution >= 0.6 is 36.2 Å². The molecule has 2 aromatic heterocycles. The molecule has 0 bridgehead atoms. The molecule has 1 aliphatic rings. The number of fused-ring (bicyclic) bond motifs is 1. The fourth-order valence-corrected chi connectivity index (χ4v) is 3.93. The normalized spacial score (nSPS) is 16.3. The van der Waals surface area contributed by atoms with Gasteiger partial charge in [-0.1, -0.05) is 24.7 Å². The number of piperidine rings is 1. The largest absolute Gasteiger partial charge is 0.412 e. The van der Waals surface area contributed by atoms with Gasteiger partial charge < -0.3 is 14.9 Å². The van der Waals surface area contributed by atoms with E-state index >= 15 is 0 Å². The Morgan fingerprint density at radius 3 is 2.62 bits per heavy atom. The van der Waals surface area contributed by atoms with E-state index in [-0.39, 0.29) is 30.3 Å². The maximum absolute atomic E-state index is 4.98. The summed E-state index contributed by atoms with van der Waals surface area (Å²) in [7, 11) is 2.09. The van der Waals surface area contributed by atoms with Crippen LogP contribution in [0.1, 0.15) is 32.6 Å². The van der Waals surface area contributed by atoms with Crippen molar-refractivity contribution in [2.45, 2.75) is 38.6 Å². The molecule has 8 heteroatoms. The van der Waals surface area contributed by atoms with Crippen molar-refractivity contribution in [1.29, 1.82) is 0 Å². The molecule has 0 spiro atoms. The zero-order valence-corrected chi connectivity index (χ0v) is 16.7. The van der Waals surface area contributed by atoms with Gasteiger partial charge in [-0.05, 0) is 37.9 Å². The highest BCUT2D eigenvalue weighted by Crippen LogP contribution is 2.16. The van der Waals surface area contributed by atoms with Gasteiger partial charge in [-0.3, -0.25) is 4.99 Å². The summed E-state index contributed by atoms with van der Waals surface area (Å²) in [6, 6.07) is 4.58. The summed E-state index contributed by atoms with van der Waals surface area (Å²) in [5, 5.41) is 0. The Morgan fingerprint density at radius 2 is 2.00 bits per heavy atom. The minimum absolute atomic E-state index is 0. The van der Waals surface area contributed by atoms with E-state index in [0.29, 0.717) is 6.04 Å². The molecule has 2 N–H and O–H groups in total. The number of thiazole rings is 1. The SMILES string of the molecule is CCCCN1CCC(/N=c2/sc3ncccc3n2C)CC1.Cl.Cl.O. The van der Waals surface area contributed by atoms with Crippen LogP contribution in [-0.4, -0.2) is 45.6 Å². The maximum Gasteiger partial charge on any atom is 0.187 e. The number of nitrogens with zero attached hydrogens (tertiary/aromatic N) is 4. The number of likely N-dealkylation sites (tertiary alicyclic amines) is 1. The lowest BCUT2D eigenvalue weighted by atomic mass is 10.1. The molecular weight excluding hydrogens is 367 g/mol. The topological polar surface area (TPSA) is 64.9 Å². The highest BCUT2D eigenvalue weighted by molar-refractivity contribution is 7.15. The molecule has 0 aliphatic carbocycles. The number of hydrogen-bond acceptors (Lipinski definition) is 4. The van der Waals surface area contributed by atoms with Crippen LogP contribution in [0.25, 0.3) is 10.3 Å². The molecule has 0 atom stereocenters. The third kappa shape index (κ3) is 5.43. The molecule has 5 nitrogen and oxygen atoms in total. The summed E-state index contributed by atoms with van der Waals surface area (Å²) in [4.78, 5) is 14.2. The van der Waals surface area contributed by atoms with Crippen LogP contribution in [-0.2, 0) is 7.05 Å². The van der Waals surface area contributed by atoms with Crippen molar-refractivity contribution in [3.8, 4) is 0 Å². The summed E-state index contributed by atoms with van der Waals surface area (Å²) in [6.45, 7) is 5.91. The number of hydrogen-bond donors (Lipinski definition) is 0. The summed E-state index contributed by atoms with van der Waals surface area (Å²) in [5.74, 6) is 0. The summed E-state index contributed by atoms with van der Waals surface area (Å²) < 4.78 is 2.18. The molecule has 24 heavy (non-hydrogen) atoms. The average molecular weight is 395 g/mol. The van der Waals surface area contributed by atoms with Crippen LogP contribution in [0.5, 0.6) is 0 Å². The van der Waals surface area contributed by atoms with Crippen LogP contribution in [0.15, 0.2) is 23.3 Å². The van der Waals surface area contributed by atoms with E-state index in [9.17, 15) is 0 Å². The molecule has 0 unspecified atom stereocenters. The molecule has 0 aromatic carbocycles. The summed E-state index contributed by atoms with van der Waals surface area (Å²) >= 11 is 1.70. The van der Waals surface area contributed by atoms with Crippen molar-refractivity contribution >= 4 is 46.5 Å². The predicted octanol–water partition coefficient (Wildman–Crippen LogP) is 2.82. The van der Waals surface area contributed by atoms with Crippen LogP contribution in [0, 0.1) is 0 Å². The average Bonchev–Trinajstić information content (AvgIpc) is 2.83. The zero-order chi connectivity index (χ0) is 14.7. The third-order valence-corrected chi connectivity index (χ3v) is 5.34. The van der Waals surface area contributed by atoms with Gasteiger partial charge in [0.25, 0.3) is 0 Å². The molecule has 3 heterocycles. The molecule has 0 radical (unpaired) electrons. The second-order valence-electron chi connectivity index (χ2n) is 5.83. The van der Waals surface area contributed by atoms with Gasteiger partial charge in [0.1, 0.15) is 4.83 Å².